The maximum atomic E-state index is 13.7. The summed E-state index contributed by atoms with van der Waals surface area (Å²) in [5.41, 5.74) is 0.150. The standard InChI is InChI=1S/C28H34F3N3O4/c1-18(21-9-5-7-11-23(21)28(29,30)31)34(26(37)38-27(2,3)4)14-13-32-20(16-25(35)36)15-19-17-33-24-12-8-6-10-22(19)24/h5-12,17-18,20,32-33H,13-16H2,1-4H3,(H,35,36)/t18?,20-/m1/s1. The first-order valence-electron chi connectivity index (χ1n) is 12.4. The number of rotatable bonds is 10. The maximum Gasteiger partial charge on any atom is 0.416 e. The molecule has 3 N–H and O–H groups in total. The Morgan fingerprint density at radius 1 is 1.08 bits per heavy atom. The number of benzene rings is 2. The fourth-order valence-electron chi connectivity index (χ4n) is 4.43. The van der Waals surface area contributed by atoms with Crippen LogP contribution in [0.25, 0.3) is 10.9 Å². The van der Waals surface area contributed by atoms with Crippen LogP contribution in [0.3, 0.4) is 0 Å². The Labute approximate surface area is 220 Å². The number of alkyl halides is 3. The zero-order chi connectivity index (χ0) is 28.1. The highest BCUT2D eigenvalue weighted by Crippen LogP contribution is 2.36. The Hall–Kier alpha value is -3.53. The quantitative estimate of drug-likeness (QED) is 0.290. The number of H-pyrrole nitrogens is 1. The Morgan fingerprint density at radius 2 is 1.74 bits per heavy atom. The van der Waals surface area contributed by atoms with Gasteiger partial charge in [-0.3, -0.25) is 4.79 Å². The van der Waals surface area contributed by atoms with E-state index in [0.717, 1.165) is 22.5 Å². The molecule has 38 heavy (non-hydrogen) atoms. The number of nitrogens with one attached hydrogen (secondary N) is 2. The van der Waals surface area contributed by atoms with E-state index < -0.39 is 41.5 Å². The van der Waals surface area contributed by atoms with Gasteiger partial charge in [0.15, 0.2) is 0 Å². The van der Waals surface area contributed by atoms with Crippen LogP contribution in [0, 0.1) is 0 Å². The van der Waals surface area contributed by atoms with Gasteiger partial charge in [-0.1, -0.05) is 36.4 Å². The van der Waals surface area contributed by atoms with Crippen molar-refractivity contribution in [2.24, 2.45) is 0 Å². The van der Waals surface area contributed by atoms with Gasteiger partial charge in [-0.25, -0.2) is 4.79 Å². The van der Waals surface area contributed by atoms with E-state index in [1.807, 2.05) is 30.5 Å². The summed E-state index contributed by atoms with van der Waals surface area (Å²) < 4.78 is 46.6. The first kappa shape index (κ1) is 29.0. The fraction of sp³-hybridized carbons (Fsp3) is 0.429. The predicted molar refractivity (Wildman–Crippen MR) is 139 cm³/mol. The lowest BCUT2D eigenvalue weighted by atomic mass is 10.00. The van der Waals surface area contributed by atoms with Gasteiger partial charge in [0.05, 0.1) is 18.0 Å². The molecule has 3 rings (SSSR count). The molecule has 0 bridgehead atoms. The van der Waals surface area contributed by atoms with Crippen LogP contribution in [0.1, 0.15) is 56.8 Å². The zero-order valence-corrected chi connectivity index (χ0v) is 21.9. The molecule has 0 spiro atoms. The van der Waals surface area contributed by atoms with Gasteiger partial charge in [0, 0.05) is 36.2 Å². The molecule has 1 aromatic heterocycles. The lowest BCUT2D eigenvalue weighted by molar-refractivity contribution is -0.139. The Morgan fingerprint density at radius 3 is 2.39 bits per heavy atom. The Balaban J connectivity index is 1.80. The van der Waals surface area contributed by atoms with E-state index in [9.17, 15) is 27.9 Å². The third kappa shape index (κ3) is 7.74. The maximum absolute atomic E-state index is 13.7. The highest BCUT2D eigenvalue weighted by Gasteiger charge is 2.37. The molecule has 1 heterocycles. The third-order valence-electron chi connectivity index (χ3n) is 6.16. The second-order valence-electron chi connectivity index (χ2n) is 10.2. The molecule has 7 nitrogen and oxygen atoms in total. The number of aromatic nitrogens is 1. The first-order chi connectivity index (χ1) is 17.8. The molecule has 0 aliphatic heterocycles. The number of carbonyl (C=O) groups excluding carboxylic acids is 1. The van der Waals surface area contributed by atoms with Crippen LogP contribution in [-0.2, 0) is 22.1 Å². The summed E-state index contributed by atoms with van der Waals surface area (Å²) in [6, 6.07) is 11.4. The average Bonchev–Trinajstić information content (AvgIpc) is 3.22. The normalized spacial score (nSPS) is 13.8. The van der Waals surface area contributed by atoms with E-state index in [1.165, 1.54) is 30.0 Å². The van der Waals surface area contributed by atoms with Crippen molar-refractivity contribution >= 4 is 23.0 Å². The molecule has 2 aromatic carbocycles. The van der Waals surface area contributed by atoms with Crippen LogP contribution in [-0.4, -0.2) is 51.8 Å². The van der Waals surface area contributed by atoms with Gasteiger partial charge in [0.1, 0.15) is 5.60 Å². The van der Waals surface area contributed by atoms with Gasteiger partial charge in [0.25, 0.3) is 0 Å². The second-order valence-corrected chi connectivity index (χ2v) is 10.2. The minimum Gasteiger partial charge on any atom is -0.481 e. The SMILES string of the molecule is CC(c1ccccc1C(F)(F)F)N(CCN[C@@H](CC(=O)O)Cc1c[nH]c2ccccc12)C(=O)OC(C)(C)C. The van der Waals surface area contributed by atoms with Crippen molar-refractivity contribution in [2.75, 3.05) is 13.1 Å². The highest BCUT2D eigenvalue weighted by molar-refractivity contribution is 5.83. The largest absolute Gasteiger partial charge is 0.481 e. The molecule has 0 fully saturated rings. The molecular formula is C28H34F3N3O4. The lowest BCUT2D eigenvalue weighted by Gasteiger charge is -2.33. The number of para-hydroxylation sites is 1. The molecule has 3 aromatic rings. The van der Waals surface area contributed by atoms with Crippen LogP contribution in [0.4, 0.5) is 18.0 Å². The number of halogens is 3. The van der Waals surface area contributed by atoms with Gasteiger partial charge < -0.3 is 25.0 Å². The van der Waals surface area contributed by atoms with Crippen LogP contribution in [0.2, 0.25) is 0 Å². The molecule has 1 unspecified atom stereocenters. The van der Waals surface area contributed by atoms with E-state index in [1.54, 1.807) is 20.8 Å². The summed E-state index contributed by atoms with van der Waals surface area (Å²) in [5, 5.41) is 13.6. The van der Waals surface area contributed by atoms with E-state index in [0.29, 0.717) is 6.42 Å². The Kier molecular flexibility index (Phi) is 9.09. The van der Waals surface area contributed by atoms with E-state index in [2.05, 4.69) is 10.3 Å². The minimum absolute atomic E-state index is 0.00623. The smallest absolute Gasteiger partial charge is 0.416 e. The molecule has 0 saturated heterocycles. The summed E-state index contributed by atoms with van der Waals surface area (Å²) in [7, 11) is 0. The van der Waals surface area contributed by atoms with Crippen molar-refractivity contribution in [1.29, 1.82) is 0 Å². The summed E-state index contributed by atoms with van der Waals surface area (Å²) in [6.07, 6.45) is -3.26. The van der Waals surface area contributed by atoms with Crippen molar-refractivity contribution in [3.63, 3.8) is 0 Å². The summed E-state index contributed by atoms with van der Waals surface area (Å²) in [5.74, 6) is -0.987. The van der Waals surface area contributed by atoms with E-state index >= 15 is 0 Å². The third-order valence-corrected chi connectivity index (χ3v) is 6.16. The summed E-state index contributed by atoms with van der Waals surface area (Å²) in [6.45, 7) is 6.72. The fourth-order valence-corrected chi connectivity index (χ4v) is 4.43. The van der Waals surface area contributed by atoms with Gasteiger partial charge in [-0.15, -0.1) is 0 Å². The van der Waals surface area contributed by atoms with Gasteiger partial charge in [-0.2, -0.15) is 13.2 Å². The molecule has 0 aliphatic rings. The van der Waals surface area contributed by atoms with E-state index in [4.69, 9.17) is 4.74 Å². The van der Waals surface area contributed by atoms with Gasteiger partial charge >= 0.3 is 18.2 Å². The number of aliphatic carboxylic acids is 1. The highest BCUT2D eigenvalue weighted by atomic mass is 19.4. The molecule has 1 amide bonds. The van der Waals surface area contributed by atoms with Gasteiger partial charge in [0.2, 0.25) is 0 Å². The summed E-state index contributed by atoms with van der Waals surface area (Å²) in [4.78, 5) is 29.1. The molecule has 2 atom stereocenters. The topological polar surface area (TPSA) is 94.7 Å². The van der Waals surface area contributed by atoms with Crippen molar-refractivity contribution in [3.05, 3.63) is 71.4 Å². The second kappa shape index (κ2) is 11.9. The van der Waals surface area contributed by atoms with Crippen LogP contribution in [0.5, 0.6) is 0 Å². The Bertz CT molecular complexity index is 1250. The number of hydrogen-bond acceptors (Lipinski definition) is 4. The van der Waals surface area contributed by atoms with Crippen molar-refractivity contribution < 1.29 is 32.6 Å². The zero-order valence-electron chi connectivity index (χ0n) is 21.9. The summed E-state index contributed by atoms with van der Waals surface area (Å²) >= 11 is 0. The number of fused-ring (bicyclic) bond motifs is 1. The number of nitrogens with zero attached hydrogens (tertiary/aromatic N) is 1. The van der Waals surface area contributed by atoms with Crippen LogP contribution >= 0.6 is 0 Å². The number of aromatic amines is 1. The first-order valence-corrected chi connectivity index (χ1v) is 12.4. The average molecular weight is 534 g/mol. The van der Waals surface area contributed by atoms with Crippen molar-refractivity contribution in [3.8, 4) is 0 Å². The molecule has 10 heteroatoms. The van der Waals surface area contributed by atoms with Crippen molar-refractivity contribution in [2.45, 2.75) is 64.4 Å². The number of carboxylic acids is 1. The lowest BCUT2D eigenvalue weighted by Crippen LogP contribution is -2.44. The molecule has 0 aliphatic carbocycles. The number of carboxylic acid groups (broad SMARTS) is 1. The van der Waals surface area contributed by atoms with E-state index in [-0.39, 0.29) is 25.1 Å². The number of ether oxygens (including phenoxy) is 1. The van der Waals surface area contributed by atoms with Crippen molar-refractivity contribution in [1.82, 2.24) is 15.2 Å². The molecule has 206 valence electrons. The van der Waals surface area contributed by atoms with Gasteiger partial charge in [-0.05, 0) is 57.4 Å². The molecule has 0 saturated carbocycles. The predicted octanol–water partition coefficient (Wildman–Crippen LogP) is 6.16. The molecular weight excluding hydrogens is 499 g/mol. The number of hydrogen-bond donors (Lipinski definition) is 3. The van der Waals surface area contributed by atoms with Crippen LogP contribution in [0.15, 0.2) is 54.7 Å². The van der Waals surface area contributed by atoms with Crippen LogP contribution < -0.4 is 5.32 Å². The monoisotopic (exact) mass is 533 g/mol. The minimum atomic E-state index is -4.59. The molecule has 0 radical (unpaired) electrons. The number of carbonyl (C=O) groups is 2. The number of amides is 1.